The summed E-state index contributed by atoms with van der Waals surface area (Å²) in [5.74, 6) is 0.0103. The molecular weight excluding hydrogens is 240 g/mol. The van der Waals surface area contributed by atoms with E-state index in [1.165, 1.54) is 0 Å². The summed E-state index contributed by atoms with van der Waals surface area (Å²) in [7, 11) is 0. The molecule has 0 aliphatic rings. The van der Waals surface area contributed by atoms with Crippen LogP contribution in [0.3, 0.4) is 0 Å². The monoisotopic (exact) mass is 260 g/mol. The number of carbonyl (C=O) groups is 1. The van der Waals surface area contributed by atoms with Crippen LogP contribution in [0, 0.1) is 11.3 Å². The van der Waals surface area contributed by atoms with Gasteiger partial charge in [-0.2, -0.15) is 5.26 Å². The first-order valence-corrected chi connectivity index (χ1v) is 6.52. The minimum absolute atomic E-state index is 0.0103. The van der Waals surface area contributed by atoms with Gasteiger partial charge in [-0.3, -0.25) is 4.79 Å². The summed E-state index contributed by atoms with van der Waals surface area (Å²) in [6.45, 7) is 4.63. The molecule has 0 bridgehead atoms. The van der Waals surface area contributed by atoms with Gasteiger partial charge in [0, 0.05) is 19.5 Å². The van der Waals surface area contributed by atoms with E-state index in [2.05, 4.69) is 6.07 Å². The number of aliphatic hydroxyl groups is 1. The van der Waals surface area contributed by atoms with E-state index in [0.29, 0.717) is 31.5 Å². The molecule has 0 saturated heterocycles. The summed E-state index contributed by atoms with van der Waals surface area (Å²) in [6, 6.07) is 9.43. The van der Waals surface area contributed by atoms with Crippen molar-refractivity contribution in [1.29, 1.82) is 5.26 Å². The molecule has 0 fully saturated rings. The second-order valence-electron chi connectivity index (χ2n) is 4.56. The van der Waals surface area contributed by atoms with Gasteiger partial charge in [0.25, 0.3) is 0 Å². The Morgan fingerprint density at radius 2 is 2.16 bits per heavy atom. The first-order valence-electron chi connectivity index (χ1n) is 6.52. The van der Waals surface area contributed by atoms with Crippen molar-refractivity contribution in [3.8, 4) is 6.07 Å². The van der Waals surface area contributed by atoms with Crippen LogP contribution in [-0.4, -0.2) is 28.6 Å². The molecule has 1 atom stereocenters. The maximum atomic E-state index is 12.0. The minimum atomic E-state index is -0.464. The zero-order valence-corrected chi connectivity index (χ0v) is 11.5. The van der Waals surface area contributed by atoms with Crippen molar-refractivity contribution >= 4 is 5.91 Å². The highest BCUT2D eigenvalue weighted by molar-refractivity contribution is 5.76. The van der Waals surface area contributed by atoms with Crippen LogP contribution in [0.4, 0.5) is 0 Å². The van der Waals surface area contributed by atoms with Gasteiger partial charge < -0.3 is 10.0 Å². The smallest absolute Gasteiger partial charge is 0.222 e. The average molecular weight is 260 g/mol. The molecule has 4 nitrogen and oxygen atoms in total. The summed E-state index contributed by atoms with van der Waals surface area (Å²) in [6.07, 6.45) is 0.337. The Bertz CT molecular complexity index is 463. The van der Waals surface area contributed by atoms with Crippen LogP contribution in [0.1, 0.15) is 37.8 Å². The molecule has 1 rings (SSSR count). The lowest BCUT2D eigenvalue weighted by molar-refractivity contribution is -0.132. The zero-order chi connectivity index (χ0) is 14.3. The predicted octanol–water partition coefficient (Wildman–Crippen LogP) is 2.07. The van der Waals surface area contributed by atoms with Gasteiger partial charge in [0.05, 0.1) is 17.7 Å². The second kappa shape index (κ2) is 7.55. The lowest BCUT2D eigenvalue weighted by Gasteiger charge is -2.22. The van der Waals surface area contributed by atoms with Crippen LogP contribution in [-0.2, 0) is 11.3 Å². The standard InChI is InChI=1S/C15H20N2O2/c1-3-17(15(19)9-8-12(2)18)11-14-7-5-4-6-13(14)10-16/h4-7,12,18H,3,8-9,11H2,1-2H3. The number of hydrogen-bond donors (Lipinski definition) is 1. The molecule has 0 aliphatic heterocycles. The van der Waals surface area contributed by atoms with Crippen LogP contribution in [0.15, 0.2) is 24.3 Å². The third kappa shape index (κ3) is 4.72. The summed E-state index contributed by atoms with van der Waals surface area (Å²) in [4.78, 5) is 13.7. The van der Waals surface area contributed by atoms with Gasteiger partial charge in [-0.15, -0.1) is 0 Å². The number of benzene rings is 1. The van der Waals surface area contributed by atoms with Crippen molar-refractivity contribution in [2.24, 2.45) is 0 Å². The second-order valence-corrected chi connectivity index (χ2v) is 4.56. The van der Waals surface area contributed by atoms with E-state index in [9.17, 15) is 9.90 Å². The lowest BCUT2D eigenvalue weighted by Crippen LogP contribution is -2.31. The number of amides is 1. The summed E-state index contributed by atoms with van der Waals surface area (Å²) in [5, 5.41) is 18.2. The Morgan fingerprint density at radius 3 is 2.74 bits per heavy atom. The fourth-order valence-electron chi connectivity index (χ4n) is 1.84. The summed E-state index contributed by atoms with van der Waals surface area (Å²) in [5.41, 5.74) is 1.46. The minimum Gasteiger partial charge on any atom is -0.393 e. The predicted molar refractivity (Wildman–Crippen MR) is 73.2 cm³/mol. The van der Waals surface area contributed by atoms with Crippen molar-refractivity contribution in [3.63, 3.8) is 0 Å². The molecule has 1 aromatic rings. The number of nitrogens with zero attached hydrogens (tertiary/aromatic N) is 2. The highest BCUT2D eigenvalue weighted by atomic mass is 16.3. The molecule has 1 unspecified atom stereocenters. The van der Waals surface area contributed by atoms with Crippen molar-refractivity contribution in [2.45, 2.75) is 39.3 Å². The third-order valence-corrected chi connectivity index (χ3v) is 3.01. The third-order valence-electron chi connectivity index (χ3n) is 3.01. The van der Waals surface area contributed by atoms with E-state index in [1.54, 1.807) is 17.9 Å². The lowest BCUT2D eigenvalue weighted by atomic mass is 10.1. The van der Waals surface area contributed by atoms with E-state index in [-0.39, 0.29) is 5.91 Å². The van der Waals surface area contributed by atoms with Crippen molar-refractivity contribution < 1.29 is 9.90 Å². The highest BCUT2D eigenvalue weighted by Gasteiger charge is 2.14. The van der Waals surface area contributed by atoms with E-state index in [1.807, 2.05) is 25.1 Å². The molecule has 1 amide bonds. The van der Waals surface area contributed by atoms with Crippen LogP contribution in [0.2, 0.25) is 0 Å². The van der Waals surface area contributed by atoms with Crippen LogP contribution in [0.5, 0.6) is 0 Å². The fourth-order valence-corrected chi connectivity index (χ4v) is 1.84. The number of rotatable bonds is 6. The maximum absolute atomic E-state index is 12.0. The van der Waals surface area contributed by atoms with Gasteiger partial charge in [0.1, 0.15) is 0 Å². The molecule has 0 heterocycles. The Hall–Kier alpha value is -1.86. The molecule has 0 aliphatic carbocycles. The van der Waals surface area contributed by atoms with Gasteiger partial charge in [0.15, 0.2) is 0 Å². The Labute approximate surface area is 114 Å². The molecule has 1 aromatic carbocycles. The normalized spacial score (nSPS) is 11.7. The van der Waals surface area contributed by atoms with Gasteiger partial charge in [-0.25, -0.2) is 0 Å². The number of nitriles is 1. The van der Waals surface area contributed by atoms with Crippen molar-refractivity contribution in [2.75, 3.05) is 6.54 Å². The van der Waals surface area contributed by atoms with E-state index in [4.69, 9.17) is 5.26 Å². The molecule has 4 heteroatoms. The van der Waals surface area contributed by atoms with Crippen LogP contribution >= 0.6 is 0 Å². The van der Waals surface area contributed by atoms with Crippen molar-refractivity contribution in [1.82, 2.24) is 4.90 Å². The van der Waals surface area contributed by atoms with Gasteiger partial charge in [-0.1, -0.05) is 18.2 Å². The molecule has 19 heavy (non-hydrogen) atoms. The SMILES string of the molecule is CCN(Cc1ccccc1C#N)C(=O)CCC(C)O. The van der Waals surface area contributed by atoms with E-state index in [0.717, 1.165) is 5.56 Å². The summed E-state index contributed by atoms with van der Waals surface area (Å²) < 4.78 is 0. The average Bonchev–Trinajstić information content (AvgIpc) is 2.42. The molecule has 0 radical (unpaired) electrons. The molecule has 1 N–H and O–H groups in total. The van der Waals surface area contributed by atoms with Crippen LogP contribution in [0.25, 0.3) is 0 Å². The van der Waals surface area contributed by atoms with Gasteiger partial charge in [0.2, 0.25) is 5.91 Å². The topological polar surface area (TPSA) is 64.3 Å². The van der Waals surface area contributed by atoms with Crippen LogP contribution < -0.4 is 0 Å². The zero-order valence-electron chi connectivity index (χ0n) is 11.5. The Kier molecular flexibility index (Phi) is 6.04. The molecular formula is C15H20N2O2. The van der Waals surface area contributed by atoms with E-state index < -0.39 is 6.10 Å². The Balaban J connectivity index is 2.71. The maximum Gasteiger partial charge on any atom is 0.222 e. The molecule has 102 valence electrons. The van der Waals surface area contributed by atoms with Gasteiger partial charge >= 0.3 is 0 Å². The molecule has 0 spiro atoms. The first-order chi connectivity index (χ1) is 9.08. The Morgan fingerprint density at radius 1 is 1.47 bits per heavy atom. The summed E-state index contributed by atoms with van der Waals surface area (Å²) >= 11 is 0. The van der Waals surface area contributed by atoms with Gasteiger partial charge in [-0.05, 0) is 31.9 Å². The number of carbonyl (C=O) groups excluding carboxylic acids is 1. The number of aliphatic hydroxyl groups excluding tert-OH is 1. The fraction of sp³-hybridized carbons (Fsp3) is 0.467. The van der Waals surface area contributed by atoms with Crippen molar-refractivity contribution in [3.05, 3.63) is 35.4 Å². The highest BCUT2D eigenvalue weighted by Crippen LogP contribution is 2.12. The largest absolute Gasteiger partial charge is 0.393 e. The first kappa shape index (κ1) is 15.2. The molecule has 0 saturated carbocycles. The number of hydrogen-bond acceptors (Lipinski definition) is 3. The molecule has 0 aromatic heterocycles. The quantitative estimate of drug-likeness (QED) is 0.851. The van der Waals surface area contributed by atoms with E-state index >= 15 is 0 Å².